The predicted molar refractivity (Wildman–Crippen MR) is 275 cm³/mol. The summed E-state index contributed by atoms with van der Waals surface area (Å²) in [6.45, 7) is 4.74. The van der Waals surface area contributed by atoms with Gasteiger partial charge in [0.1, 0.15) is 0 Å². The molecule has 1 heterocycles. The Labute approximate surface area is 387 Å². The molecular weight excluding hydrogens is 797 g/mol. The van der Waals surface area contributed by atoms with Gasteiger partial charge in [0, 0.05) is 27.8 Å². The lowest BCUT2D eigenvalue weighted by Gasteiger charge is -2.45. The zero-order chi connectivity index (χ0) is 44.0. The highest BCUT2D eigenvalue weighted by molar-refractivity contribution is 6.02. The molecule has 0 atom stereocenters. The molecule has 0 N–H and O–H groups in total. The summed E-state index contributed by atoms with van der Waals surface area (Å²) in [5.74, 6) is 0. The van der Waals surface area contributed by atoms with Crippen molar-refractivity contribution in [3.05, 3.63) is 276 Å². The highest BCUT2D eigenvalue weighted by Crippen LogP contribution is 2.64. The van der Waals surface area contributed by atoms with Crippen molar-refractivity contribution in [3.8, 4) is 44.5 Å². The molecule has 0 saturated heterocycles. The summed E-state index contributed by atoms with van der Waals surface area (Å²) in [4.78, 5) is 5.00. The second-order valence-corrected chi connectivity index (χ2v) is 18.4. The minimum atomic E-state index is -0.565. The Morgan fingerprint density at radius 3 is 1.45 bits per heavy atom. The van der Waals surface area contributed by atoms with Crippen molar-refractivity contribution >= 4 is 34.1 Å². The third-order valence-electron chi connectivity index (χ3n) is 14.7. The van der Waals surface area contributed by atoms with Crippen LogP contribution in [0.15, 0.2) is 243 Å². The standard InChI is InChI=1S/C64H46N2/c1-63(2)51-30-13-10-29-50(51)62-55(63)34-21-39-61(62)66(57-35-17-11-26-46(57)43-22-5-3-6-23-43)58-36-18-12-27-47(58)44-40-41-49-48-28-9-14-31-52(48)64(56(49)42-44)53-32-15-19-37-59(53)65(45-24-7-4-8-25-45)60-38-20-16-33-54(60)64/h3-42H,1-2H3. The average molecular weight is 843 g/mol. The molecule has 10 aromatic carbocycles. The molecule has 13 rings (SSSR count). The molecule has 10 aromatic rings. The van der Waals surface area contributed by atoms with E-state index in [-0.39, 0.29) is 5.41 Å². The zero-order valence-corrected chi connectivity index (χ0v) is 37.0. The van der Waals surface area contributed by atoms with E-state index in [0.29, 0.717) is 0 Å². The van der Waals surface area contributed by atoms with Gasteiger partial charge in [-0.2, -0.15) is 0 Å². The summed E-state index contributed by atoms with van der Waals surface area (Å²) in [5.41, 5.74) is 24.0. The van der Waals surface area contributed by atoms with Crippen LogP contribution >= 0.6 is 0 Å². The molecule has 2 heteroatoms. The molecule has 0 amide bonds. The highest BCUT2D eigenvalue weighted by atomic mass is 15.2. The second-order valence-electron chi connectivity index (χ2n) is 18.4. The van der Waals surface area contributed by atoms with Gasteiger partial charge in [-0.1, -0.05) is 208 Å². The smallest absolute Gasteiger partial charge is 0.0754 e. The molecular formula is C64H46N2. The second kappa shape index (κ2) is 14.7. The average Bonchev–Trinajstić information content (AvgIpc) is 3.80. The number of anilines is 6. The molecule has 312 valence electrons. The van der Waals surface area contributed by atoms with Crippen molar-refractivity contribution in [1.29, 1.82) is 0 Å². The van der Waals surface area contributed by atoms with Gasteiger partial charge in [0.2, 0.25) is 0 Å². The van der Waals surface area contributed by atoms with Gasteiger partial charge >= 0.3 is 0 Å². The molecule has 0 aromatic heterocycles. The van der Waals surface area contributed by atoms with Crippen LogP contribution in [0.25, 0.3) is 44.5 Å². The van der Waals surface area contributed by atoms with Crippen LogP contribution in [0.5, 0.6) is 0 Å². The zero-order valence-electron chi connectivity index (χ0n) is 37.0. The maximum atomic E-state index is 2.55. The van der Waals surface area contributed by atoms with Crippen LogP contribution in [0.4, 0.5) is 34.1 Å². The molecule has 0 unspecified atom stereocenters. The van der Waals surface area contributed by atoms with E-state index >= 15 is 0 Å². The predicted octanol–water partition coefficient (Wildman–Crippen LogP) is 16.9. The molecule has 1 aliphatic heterocycles. The maximum absolute atomic E-state index is 2.55. The molecule has 0 radical (unpaired) electrons. The van der Waals surface area contributed by atoms with E-state index in [2.05, 4.69) is 266 Å². The van der Waals surface area contributed by atoms with E-state index in [1.807, 2.05) is 0 Å². The molecule has 2 nitrogen and oxygen atoms in total. The fraction of sp³-hybridized carbons (Fsp3) is 0.0625. The number of fused-ring (bicyclic) bond motifs is 12. The first-order valence-corrected chi connectivity index (χ1v) is 23.1. The molecule has 0 fully saturated rings. The minimum absolute atomic E-state index is 0.155. The SMILES string of the molecule is CC1(C)c2ccccc2-c2c(N(c3ccccc3-c3ccccc3)c3ccccc3-c3ccc4c(c3)C3(c5ccccc5-4)c4ccccc4N(c4ccccc4)c4ccccc43)cccc21. The van der Waals surface area contributed by atoms with Crippen LogP contribution in [0, 0.1) is 0 Å². The van der Waals surface area contributed by atoms with Crippen molar-refractivity contribution < 1.29 is 0 Å². The number of nitrogens with zero attached hydrogens (tertiary/aromatic N) is 2. The van der Waals surface area contributed by atoms with Gasteiger partial charge in [0.25, 0.3) is 0 Å². The van der Waals surface area contributed by atoms with Gasteiger partial charge in [-0.3, -0.25) is 0 Å². The van der Waals surface area contributed by atoms with Crippen LogP contribution in [-0.4, -0.2) is 0 Å². The number of hydrogen-bond acceptors (Lipinski definition) is 2. The Kier molecular flexibility index (Phi) is 8.51. The van der Waals surface area contributed by atoms with E-state index < -0.39 is 5.41 Å². The van der Waals surface area contributed by atoms with E-state index in [1.165, 1.54) is 95.0 Å². The van der Waals surface area contributed by atoms with Crippen LogP contribution in [-0.2, 0) is 10.8 Å². The first kappa shape index (κ1) is 38.3. The molecule has 2 aliphatic carbocycles. The Hall–Kier alpha value is -8.20. The molecule has 0 bridgehead atoms. The van der Waals surface area contributed by atoms with E-state index in [4.69, 9.17) is 0 Å². The number of rotatable bonds is 6. The van der Waals surface area contributed by atoms with Crippen molar-refractivity contribution in [2.24, 2.45) is 0 Å². The van der Waals surface area contributed by atoms with Gasteiger partial charge in [-0.05, 0) is 110 Å². The molecule has 3 aliphatic rings. The van der Waals surface area contributed by atoms with Crippen LogP contribution in [0.2, 0.25) is 0 Å². The van der Waals surface area contributed by atoms with Crippen molar-refractivity contribution in [3.63, 3.8) is 0 Å². The van der Waals surface area contributed by atoms with Gasteiger partial charge in [-0.25, -0.2) is 0 Å². The summed E-state index contributed by atoms with van der Waals surface area (Å²) in [5, 5.41) is 0. The maximum Gasteiger partial charge on any atom is 0.0754 e. The lowest BCUT2D eigenvalue weighted by Crippen LogP contribution is -2.36. The first-order chi connectivity index (χ1) is 32.5. The highest BCUT2D eigenvalue weighted by Gasteiger charge is 2.52. The third kappa shape index (κ3) is 5.36. The normalized spacial score (nSPS) is 14.1. The van der Waals surface area contributed by atoms with Crippen molar-refractivity contribution in [1.82, 2.24) is 0 Å². The number of benzene rings is 10. The Morgan fingerprint density at radius 1 is 0.318 bits per heavy atom. The quantitative estimate of drug-likeness (QED) is 0.165. The lowest BCUT2D eigenvalue weighted by molar-refractivity contribution is 0.660. The number of hydrogen-bond donors (Lipinski definition) is 0. The topological polar surface area (TPSA) is 6.48 Å². The fourth-order valence-corrected chi connectivity index (χ4v) is 11.9. The van der Waals surface area contributed by atoms with Gasteiger partial charge < -0.3 is 9.80 Å². The lowest BCUT2D eigenvalue weighted by atomic mass is 9.64. The molecule has 66 heavy (non-hydrogen) atoms. The van der Waals surface area contributed by atoms with E-state index in [1.54, 1.807) is 0 Å². The minimum Gasteiger partial charge on any atom is -0.310 e. The monoisotopic (exact) mass is 842 g/mol. The Morgan fingerprint density at radius 2 is 0.788 bits per heavy atom. The van der Waals surface area contributed by atoms with E-state index in [0.717, 1.165) is 17.1 Å². The van der Waals surface area contributed by atoms with Crippen LogP contribution in [0.3, 0.4) is 0 Å². The number of para-hydroxylation sites is 5. The summed E-state index contributed by atoms with van der Waals surface area (Å²) in [6, 6.07) is 90.1. The van der Waals surface area contributed by atoms with Gasteiger partial charge in [-0.15, -0.1) is 0 Å². The summed E-state index contributed by atoms with van der Waals surface area (Å²) in [6.07, 6.45) is 0. The van der Waals surface area contributed by atoms with Crippen molar-refractivity contribution in [2.75, 3.05) is 9.80 Å². The molecule has 0 saturated carbocycles. The first-order valence-electron chi connectivity index (χ1n) is 23.1. The largest absolute Gasteiger partial charge is 0.310 e. The van der Waals surface area contributed by atoms with Crippen LogP contribution < -0.4 is 9.80 Å². The van der Waals surface area contributed by atoms with Crippen LogP contribution in [0.1, 0.15) is 47.2 Å². The fourth-order valence-electron chi connectivity index (χ4n) is 11.9. The summed E-state index contributed by atoms with van der Waals surface area (Å²) >= 11 is 0. The third-order valence-corrected chi connectivity index (χ3v) is 14.7. The Balaban J connectivity index is 1.08. The summed E-state index contributed by atoms with van der Waals surface area (Å²) in [7, 11) is 0. The molecule has 1 spiro atoms. The van der Waals surface area contributed by atoms with Gasteiger partial charge in [0.15, 0.2) is 0 Å². The summed E-state index contributed by atoms with van der Waals surface area (Å²) < 4.78 is 0. The van der Waals surface area contributed by atoms with E-state index in [9.17, 15) is 0 Å². The Bertz CT molecular complexity index is 3480. The van der Waals surface area contributed by atoms with Crippen molar-refractivity contribution in [2.45, 2.75) is 24.7 Å². The van der Waals surface area contributed by atoms with Gasteiger partial charge in [0.05, 0.1) is 33.9 Å².